The van der Waals surface area contributed by atoms with Crippen molar-refractivity contribution in [2.24, 2.45) is 0 Å². The number of rotatable bonds is 16. The normalized spacial score (nSPS) is 10.8. The molecule has 3 nitrogen and oxygen atoms in total. The van der Waals surface area contributed by atoms with Gasteiger partial charge in [0.05, 0.1) is 0 Å². The summed E-state index contributed by atoms with van der Waals surface area (Å²) in [6.45, 7) is 10.9. The second-order valence-electron chi connectivity index (χ2n) is 7.86. The van der Waals surface area contributed by atoms with Gasteiger partial charge in [-0.25, -0.2) is 0 Å². The van der Waals surface area contributed by atoms with E-state index >= 15 is 0 Å². The number of aliphatic carboxylic acids is 1. The van der Waals surface area contributed by atoms with Gasteiger partial charge in [0.15, 0.2) is 0 Å². The van der Waals surface area contributed by atoms with Gasteiger partial charge >= 0.3 is 5.97 Å². The van der Waals surface area contributed by atoms with Gasteiger partial charge in [-0.2, -0.15) is 0 Å². The zero-order chi connectivity index (χ0) is 19.3. The predicted octanol–water partition coefficient (Wildman–Crippen LogP) is 6.95. The molecule has 0 atom stereocenters. The SMILES string of the molecule is CC(C)NC(C)C.CCCCCCCCCCCCCCCC(=O)O. The lowest BCUT2D eigenvalue weighted by Gasteiger charge is -2.10. The fourth-order valence-corrected chi connectivity index (χ4v) is 2.96. The third-order valence-corrected chi connectivity index (χ3v) is 4.16. The molecule has 0 aromatic rings. The van der Waals surface area contributed by atoms with Crippen molar-refractivity contribution in [3.05, 3.63) is 0 Å². The van der Waals surface area contributed by atoms with E-state index in [0.29, 0.717) is 18.5 Å². The van der Waals surface area contributed by atoms with Crippen LogP contribution in [0.15, 0.2) is 0 Å². The Kier molecular flexibility index (Phi) is 22.9. The van der Waals surface area contributed by atoms with Crippen molar-refractivity contribution in [2.45, 2.75) is 137 Å². The Morgan fingerprint density at radius 1 is 0.680 bits per heavy atom. The molecule has 0 rings (SSSR count). The Labute approximate surface area is 158 Å². The van der Waals surface area contributed by atoms with E-state index in [4.69, 9.17) is 5.11 Å². The maximum absolute atomic E-state index is 10.3. The van der Waals surface area contributed by atoms with Gasteiger partial charge in [-0.15, -0.1) is 0 Å². The number of carboxylic acids is 1. The van der Waals surface area contributed by atoms with Crippen molar-refractivity contribution in [3.8, 4) is 0 Å². The Balaban J connectivity index is 0. The number of hydrogen-bond acceptors (Lipinski definition) is 2. The molecule has 25 heavy (non-hydrogen) atoms. The van der Waals surface area contributed by atoms with Crippen LogP contribution >= 0.6 is 0 Å². The third-order valence-electron chi connectivity index (χ3n) is 4.16. The zero-order valence-corrected chi connectivity index (χ0v) is 17.9. The molecule has 0 saturated carbocycles. The monoisotopic (exact) mass is 357 g/mol. The van der Waals surface area contributed by atoms with Gasteiger partial charge in [0.25, 0.3) is 0 Å². The first-order valence-electron chi connectivity index (χ1n) is 10.9. The highest BCUT2D eigenvalue weighted by atomic mass is 16.4. The molecule has 0 aliphatic carbocycles. The van der Waals surface area contributed by atoms with Crippen LogP contribution in [0.5, 0.6) is 0 Å². The molecule has 0 spiro atoms. The van der Waals surface area contributed by atoms with Crippen LogP contribution in [0.2, 0.25) is 0 Å². The van der Waals surface area contributed by atoms with Crippen LogP contribution < -0.4 is 5.32 Å². The Morgan fingerprint density at radius 2 is 1.00 bits per heavy atom. The van der Waals surface area contributed by atoms with Crippen LogP contribution in [0, 0.1) is 0 Å². The Morgan fingerprint density at radius 3 is 1.24 bits per heavy atom. The summed E-state index contributed by atoms with van der Waals surface area (Å²) in [5.41, 5.74) is 0. The predicted molar refractivity (Wildman–Crippen MR) is 111 cm³/mol. The van der Waals surface area contributed by atoms with Crippen molar-refractivity contribution in [2.75, 3.05) is 0 Å². The van der Waals surface area contributed by atoms with Gasteiger partial charge in [-0.05, 0) is 6.42 Å². The Bertz CT molecular complexity index is 259. The molecule has 0 amide bonds. The van der Waals surface area contributed by atoms with Gasteiger partial charge in [0, 0.05) is 18.5 Å². The molecule has 0 aromatic heterocycles. The molecule has 0 bridgehead atoms. The second-order valence-corrected chi connectivity index (χ2v) is 7.86. The minimum Gasteiger partial charge on any atom is -0.481 e. The zero-order valence-electron chi connectivity index (χ0n) is 17.9. The maximum Gasteiger partial charge on any atom is 0.303 e. The number of carbonyl (C=O) groups is 1. The minimum atomic E-state index is -0.655. The largest absolute Gasteiger partial charge is 0.481 e. The fourth-order valence-electron chi connectivity index (χ4n) is 2.96. The van der Waals surface area contributed by atoms with Gasteiger partial charge in [-0.1, -0.05) is 112 Å². The van der Waals surface area contributed by atoms with Crippen LogP contribution in [-0.2, 0) is 4.79 Å². The van der Waals surface area contributed by atoms with Crippen LogP contribution in [0.3, 0.4) is 0 Å². The summed E-state index contributed by atoms with van der Waals surface area (Å²) in [6.07, 6.45) is 17.3. The van der Waals surface area contributed by atoms with Crippen molar-refractivity contribution < 1.29 is 9.90 Å². The Hall–Kier alpha value is -0.570. The second kappa shape index (κ2) is 21.5. The maximum atomic E-state index is 10.3. The first-order chi connectivity index (χ1) is 11.9. The first-order valence-corrected chi connectivity index (χ1v) is 10.9. The molecule has 0 aliphatic heterocycles. The highest BCUT2D eigenvalue weighted by Crippen LogP contribution is 2.12. The molecular weight excluding hydrogens is 310 g/mol. The van der Waals surface area contributed by atoms with E-state index in [1.54, 1.807) is 0 Å². The van der Waals surface area contributed by atoms with E-state index in [9.17, 15) is 4.79 Å². The van der Waals surface area contributed by atoms with E-state index in [-0.39, 0.29) is 0 Å². The lowest BCUT2D eigenvalue weighted by Crippen LogP contribution is -2.29. The standard InChI is InChI=1S/C16H32O2.C6H15N/c1-2-3-4-5-6-7-8-9-10-11-12-13-14-15-16(17)18;1-5(2)7-6(3)4/h2-15H2,1H3,(H,17,18);5-7H,1-4H3. The lowest BCUT2D eigenvalue weighted by molar-refractivity contribution is -0.137. The van der Waals surface area contributed by atoms with Gasteiger partial charge in [0.1, 0.15) is 0 Å². The highest BCUT2D eigenvalue weighted by Gasteiger charge is 1.97. The molecule has 3 heteroatoms. The minimum absolute atomic E-state index is 0.345. The number of carboxylic acid groups (broad SMARTS) is 1. The first kappa shape index (κ1) is 26.7. The van der Waals surface area contributed by atoms with Gasteiger partial charge < -0.3 is 10.4 Å². The van der Waals surface area contributed by atoms with Crippen molar-refractivity contribution >= 4 is 5.97 Å². The molecule has 0 unspecified atom stereocenters. The third kappa shape index (κ3) is 31.7. The van der Waals surface area contributed by atoms with Crippen LogP contribution in [0.25, 0.3) is 0 Å². The molecule has 0 fully saturated rings. The van der Waals surface area contributed by atoms with Gasteiger partial charge in [-0.3, -0.25) is 4.79 Å². The quantitative estimate of drug-likeness (QED) is 0.294. The summed E-state index contributed by atoms with van der Waals surface area (Å²) in [4.78, 5) is 10.3. The smallest absolute Gasteiger partial charge is 0.303 e. The number of hydrogen-bond donors (Lipinski definition) is 2. The van der Waals surface area contributed by atoms with Crippen LogP contribution in [0.1, 0.15) is 125 Å². The number of nitrogens with one attached hydrogen (secondary N) is 1. The number of unbranched alkanes of at least 4 members (excludes halogenated alkanes) is 12. The van der Waals surface area contributed by atoms with E-state index in [1.165, 1.54) is 70.6 Å². The van der Waals surface area contributed by atoms with Crippen LogP contribution in [0.4, 0.5) is 0 Å². The van der Waals surface area contributed by atoms with E-state index in [0.717, 1.165) is 12.8 Å². The summed E-state index contributed by atoms with van der Waals surface area (Å²) < 4.78 is 0. The fraction of sp³-hybridized carbons (Fsp3) is 0.955. The molecular formula is C22H47NO2. The molecule has 0 saturated heterocycles. The van der Waals surface area contributed by atoms with Crippen molar-refractivity contribution in [1.29, 1.82) is 0 Å². The van der Waals surface area contributed by atoms with E-state index < -0.39 is 5.97 Å². The molecule has 0 aromatic carbocycles. The average Bonchev–Trinajstić information content (AvgIpc) is 2.51. The van der Waals surface area contributed by atoms with E-state index in [1.807, 2.05) is 0 Å². The van der Waals surface area contributed by atoms with Crippen molar-refractivity contribution in [3.63, 3.8) is 0 Å². The summed E-state index contributed by atoms with van der Waals surface area (Å²) in [7, 11) is 0. The molecule has 2 N–H and O–H groups in total. The van der Waals surface area contributed by atoms with E-state index in [2.05, 4.69) is 39.9 Å². The average molecular weight is 358 g/mol. The summed E-state index contributed by atoms with van der Waals surface area (Å²) >= 11 is 0. The summed E-state index contributed by atoms with van der Waals surface area (Å²) in [6, 6.07) is 1.25. The molecule has 0 aliphatic rings. The molecule has 0 heterocycles. The highest BCUT2D eigenvalue weighted by molar-refractivity contribution is 5.66. The summed E-state index contributed by atoms with van der Waals surface area (Å²) in [5.74, 6) is -0.655. The lowest BCUT2D eigenvalue weighted by atomic mass is 10.0. The van der Waals surface area contributed by atoms with Crippen LogP contribution in [-0.4, -0.2) is 23.2 Å². The molecule has 0 radical (unpaired) electrons. The van der Waals surface area contributed by atoms with Gasteiger partial charge in [0.2, 0.25) is 0 Å². The van der Waals surface area contributed by atoms with Crippen molar-refractivity contribution in [1.82, 2.24) is 5.32 Å². The summed E-state index contributed by atoms with van der Waals surface area (Å²) in [5, 5.41) is 11.8. The topological polar surface area (TPSA) is 49.3 Å². The molecule has 152 valence electrons.